The van der Waals surface area contributed by atoms with E-state index in [4.69, 9.17) is 10.5 Å². The van der Waals surface area contributed by atoms with Crippen LogP contribution in [0.5, 0.6) is 5.88 Å². The van der Waals surface area contributed by atoms with E-state index in [-0.39, 0.29) is 18.0 Å². The number of carbonyl (C=O) groups excluding carboxylic acids is 1. The fourth-order valence-corrected chi connectivity index (χ4v) is 1.83. The largest absolute Gasteiger partial charge is 0.476 e. The van der Waals surface area contributed by atoms with E-state index < -0.39 is 0 Å². The summed E-state index contributed by atoms with van der Waals surface area (Å²) in [4.78, 5) is 16.2. The number of aromatic nitrogens is 1. The number of rotatable bonds is 7. The number of nitrogens with zero attached hydrogens (tertiary/aromatic N) is 1. The summed E-state index contributed by atoms with van der Waals surface area (Å²) >= 11 is 0. The number of pyridine rings is 1. The van der Waals surface area contributed by atoms with Crippen LogP contribution in [-0.2, 0) is 4.79 Å². The summed E-state index contributed by atoms with van der Waals surface area (Å²) in [7, 11) is 0. The first kappa shape index (κ1) is 15.4. The van der Waals surface area contributed by atoms with Crippen molar-refractivity contribution in [3.8, 4) is 5.88 Å². The van der Waals surface area contributed by atoms with Crippen molar-refractivity contribution in [2.45, 2.75) is 45.7 Å². The fraction of sp³-hybridized carbons (Fsp3) is 0.600. The molecular weight excluding hydrogens is 268 g/mol. The van der Waals surface area contributed by atoms with E-state index in [9.17, 15) is 4.79 Å². The minimum absolute atomic E-state index is 0.0657. The van der Waals surface area contributed by atoms with Gasteiger partial charge in [0, 0.05) is 6.04 Å². The lowest BCUT2D eigenvalue weighted by Crippen LogP contribution is -2.41. The Morgan fingerprint density at radius 3 is 2.76 bits per heavy atom. The van der Waals surface area contributed by atoms with Crippen molar-refractivity contribution in [2.75, 3.05) is 17.7 Å². The fourth-order valence-electron chi connectivity index (χ4n) is 1.83. The lowest BCUT2D eigenvalue weighted by molar-refractivity contribution is -0.122. The van der Waals surface area contributed by atoms with Crippen LogP contribution >= 0.6 is 0 Å². The maximum atomic E-state index is 11.9. The van der Waals surface area contributed by atoms with Gasteiger partial charge in [-0.15, -0.1) is 0 Å². The van der Waals surface area contributed by atoms with Gasteiger partial charge in [0.15, 0.2) is 0 Å². The van der Waals surface area contributed by atoms with Crippen LogP contribution in [0.4, 0.5) is 11.5 Å². The van der Waals surface area contributed by atoms with Gasteiger partial charge < -0.3 is 21.1 Å². The molecule has 116 valence electrons. The second-order valence-electron chi connectivity index (χ2n) is 5.87. The average molecular weight is 292 g/mol. The van der Waals surface area contributed by atoms with Crippen molar-refractivity contribution in [2.24, 2.45) is 5.92 Å². The summed E-state index contributed by atoms with van der Waals surface area (Å²) < 4.78 is 5.63. The molecule has 6 nitrogen and oxygen atoms in total. The van der Waals surface area contributed by atoms with Crippen molar-refractivity contribution >= 4 is 17.4 Å². The first-order valence-corrected chi connectivity index (χ1v) is 7.42. The molecule has 21 heavy (non-hydrogen) atoms. The Morgan fingerprint density at radius 2 is 2.14 bits per heavy atom. The molecule has 1 heterocycles. The van der Waals surface area contributed by atoms with E-state index in [0.29, 0.717) is 29.9 Å². The molecule has 1 atom stereocenters. The van der Waals surface area contributed by atoms with Gasteiger partial charge in [-0.1, -0.05) is 0 Å². The van der Waals surface area contributed by atoms with E-state index in [1.54, 1.807) is 19.1 Å². The number of nitrogens with two attached hydrogens (primary N) is 1. The topological polar surface area (TPSA) is 89.3 Å². The van der Waals surface area contributed by atoms with Crippen LogP contribution in [0.15, 0.2) is 12.1 Å². The molecule has 1 saturated carbocycles. The van der Waals surface area contributed by atoms with Crippen LogP contribution in [0.1, 0.15) is 33.6 Å². The lowest BCUT2D eigenvalue weighted by Gasteiger charge is -2.17. The molecule has 0 saturated heterocycles. The van der Waals surface area contributed by atoms with Gasteiger partial charge in [0.05, 0.1) is 12.3 Å². The van der Waals surface area contributed by atoms with Crippen molar-refractivity contribution in [1.82, 2.24) is 10.3 Å². The molecule has 1 fully saturated rings. The normalized spacial score (nSPS) is 15.6. The standard InChI is InChI=1S/C15H24N4O2/c1-9(2)17-14(20)10(3)18-13-7-6-12(16)15(19-13)21-8-11-4-5-11/h6-7,9-11H,4-5,8,16H2,1-3H3,(H,17,20)(H,18,19). The zero-order valence-electron chi connectivity index (χ0n) is 12.8. The second kappa shape index (κ2) is 6.65. The van der Waals surface area contributed by atoms with Crippen LogP contribution in [0.3, 0.4) is 0 Å². The number of nitrogen functional groups attached to an aromatic ring is 1. The third-order valence-corrected chi connectivity index (χ3v) is 3.23. The van der Waals surface area contributed by atoms with Crippen molar-refractivity contribution in [1.29, 1.82) is 0 Å². The van der Waals surface area contributed by atoms with Crippen molar-refractivity contribution in [3.63, 3.8) is 0 Å². The molecule has 0 aromatic carbocycles. The maximum absolute atomic E-state index is 11.9. The van der Waals surface area contributed by atoms with Gasteiger partial charge in [-0.05, 0) is 51.7 Å². The summed E-state index contributed by atoms with van der Waals surface area (Å²) in [6, 6.07) is 3.22. The minimum atomic E-state index is -0.375. The number of carbonyl (C=O) groups is 1. The highest BCUT2D eigenvalue weighted by molar-refractivity contribution is 5.84. The Kier molecular flexibility index (Phi) is 4.88. The summed E-state index contributed by atoms with van der Waals surface area (Å²) in [5.74, 6) is 1.59. The molecular formula is C15H24N4O2. The quantitative estimate of drug-likeness (QED) is 0.713. The monoisotopic (exact) mass is 292 g/mol. The van der Waals surface area contributed by atoms with E-state index in [1.165, 1.54) is 12.8 Å². The highest BCUT2D eigenvalue weighted by atomic mass is 16.5. The average Bonchev–Trinajstić information content (AvgIpc) is 3.22. The number of anilines is 2. The van der Waals surface area contributed by atoms with Gasteiger partial charge in [0.25, 0.3) is 0 Å². The molecule has 1 unspecified atom stereocenters. The van der Waals surface area contributed by atoms with Crippen LogP contribution in [0.25, 0.3) is 0 Å². The molecule has 1 aliphatic carbocycles. The summed E-state index contributed by atoms with van der Waals surface area (Å²) in [6.07, 6.45) is 2.43. The SMILES string of the molecule is CC(C)NC(=O)C(C)Nc1ccc(N)c(OCC2CC2)n1. The van der Waals surface area contributed by atoms with Crippen molar-refractivity contribution in [3.05, 3.63) is 12.1 Å². The number of nitrogens with one attached hydrogen (secondary N) is 2. The van der Waals surface area contributed by atoms with E-state index in [1.807, 2.05) is 13.8 Å². The molecule has 4 N–H and O–H groups in total. The number of amides is 1. The van der Waals surface area contributed by atoms with Gasteiger partial charge in [-0.3, -0.25) is 4.79 Å². The predicted molar refractivity (Wildman–Crippen MR) is 83.2 cm³/mol. The minimum Gasteiger partial charge on any atom is -0.476 e. The molecule has 0 aliphatic heterocycles. The Bertz CT molecular complexity index is 500. The van der Waals surface area contributed by atoms with Gasteiger partial charge in [0.1, 0.15) is 11.9 Å². The Hall–Kier alpha value is -1.98. The van der Waals surface area contributed by atoms with Crippen LogP contribution in [0.2, 0.25) is 0 Å². The Morgan fingerprint density at radius 1 is 1.43 bits per heavy atom. The number of hydrogen-bond acceptors (Lipinski definition) is 5. The number of ether oxygens (including phenoxy) is 1. The first-order chi connectivity index (χ1) is 9.95. The van der Waals surface area contributed by atoms with Crippen LogP contribution < -0.4 is 21.1 Å². The Balaban J connectivity index is 1.95. The van der Waals surface area contributed by atoms with Gasteiger partial charge in [-0.25, -0.2) is 0 Å². The zero-order chi connectivity index (χ0) is 15.4. The van der Waals surface area contributed by atoms with Gasteiger partial charge >= 0.3 is 0 Å². The highest BCUT2D eigenvalue weighted by Crippen LogP contribution is 2.30. The van der Waals surface area contributed by atoms with Gasteiger partial charge in [0.2, 0.25) is 11.8 Å². The van der Waals surface area contributed by atoms with E-state index >= 15 is 0 Å². The van der Waals surface area contributed by atoms with Crippen molar-refractivity contribution < 1.29 is 9.53 Å². The predicted octanol–water partition coefficient (Wildman–Crippen LogP) is 1.78. The number of hydrogen-bond donors (Lipinski definition) is 3. The second-order valence-corrected chi connectivity index (χ2v) is 5.87. The zero-order valence-corrected chi connectivity index (χ0v) is 12.8. The third-order valence-electron chi connectivity index (χ3n) is 3.23. The third kappa shape index (κ3) is 4.81. The maximum Gasteiger partial charge on any atom is 0.242 e. The van der Waals surface area contributed by atoms with E-state index in [0.717, 1.165) is 0 Å². The molecule has 1 aromatic heterocycles. The molecule has 1 aliphatic rings. The summed E-state index contributed by atoms with van der Waals surface area (Å²) in [5, 5.41) is 5.91. The molecule has 6 heteroatoms. The highest BCUT2D eigenvalue weighted by Gasteiger charge is 2.22. The molecule has 1 amide bonds. The smallest absolute Gasteiger partial charge is 0.242 e. The molecule has 0 spiro atoms. The summed E-state index contributed by atoms with van der Waals surface area (Å²) in [6.45, 7) is 6.30. The first-order valence-electron chi connectivity index (χ1n) is 7.42. The molecule has 0 bridgehead atoms. The summed E-state index contributed by atoms with van der Waals surface area (Å²) in [5.41, 5.74) is 6.37. The van der Waals surface area contributed by atoms with E-state index in [2.05, 4.69) is 15.6 Å². The van der Waals surface area contributed by atoms with Gasteiger partial charge in [-0.2, -0.15) is 4.98 Å². The molecule has 1 aromatic rings. The Labute approximate surface area is 125 Å². The lowest BCUT2D eigenvalue weighted by atomic mass is 10.2. The molecule has 2 rings (SSSR count). The van der Waals surface area contributed by atoms with Crippen LogP contribution in [0, 0.1) is 5.92 Å². The molecule has 0 radical (unpaired) electrons. The van der Waals surface area contributed by atoms with Crippen LogP contribution in [-0.4, -0.2) is 29.6 Å².